The van der Waals surface area contributed by atoms with Crippen LogP contribution in [0.3, 0.4) is 0 Å². The zero-order chi connectivity index (χ0) is 16.8. The number of aryl methyl sites for hydroxylation is 2. The first-order valence-corrected chi connectivity index (χ1v) is 8.95. The molecule has 0 aliphatic carbocycles. The second-order valence-electron chi connectivity index (χ2n) is 5.89. The van der Waals surface area contributed by atoms with Crippen LogP contribution >= 0.6 is 0 Å². The van der Waals surface area contributed by atoms with Gasteiger partial charge in [0.1, 0.15) is 5.25 Å². The number of hydrogen-bond acceptors (Lipinski definition) is 3. The molecule has 23 heavy (non-hydrogen) atoms. The lowest BCUT2D eigenvalue weighted by Crippen LogP contribution is -2.32. The van der Waals surface area contributed by atoms with Crippen LogP contribution in [-0.2, 0) is 14.8 Å². The first kappa shape index (κ1) is 15.8. The minimum atomic E-state index is -3.71. The van der Waals surface area contributed by atoms with Gasteiger partial charge in [0.15, 0.2) is 0 Å². The van der Waals surface area contributed by atoms with Crippen molar-refractivity contribution in [2.75, 3.05) is 11.4 Å². The zero-order valence-corrected chi connectivity index (χ0v) is 13.9. The third kappa shape index (κ3) is 2.89. The number of carbonyl (C=O) groups is 1. The van der Waals surface area contributed by atoms with E-state index in [2.05, 4.69) is 4.57 Å². The highest BCUT2D eigenvalue weighted by Gasteiger charge is 2.37. The summed E-state index contributed by atoms with van der Waals surface area (Å²) in [7, 11) is -3.71. The Morgan fingerprint density at radius 1 is 1.09 bits per heavy atom. The van der Waals surface area contributed by atoms with Crippen molar-refractivity contribution in [1.29, 1.82) is 0 Å². The molecule has 1 saturated heterocycles. The van der Waals surface area contributed by atoms with E-state index in [0.29, 0.717) is 5.69 Å². The SMILES string of the molecule is Cc1ccc(C)n1-c1cccc(N2CC(S(N)(=O)=O)CC2=O)c1. The Kier molecular flexibility index (Phi) is 3.77. The van der Waals surface area contributed by atoms with Crippen LogP contribution in [0.25, 0.3) is 5.69 Å². The average Bonchev–Trinajstić information content (AvgIpc) is 3.02. The van der Waals surface area contributed by atoms with E-state index in [1.807, 2.05) is 44.2 Å². The third-order valence-corrected chi connectivity index (χ3v) is 5.47. The monoisotopic (exact) mass is 333 g/mol. The molecule has 0 bridgehead atoms. The molecule has 6 nitrogen and oxygen atoms in total. The fourth-order valence-corrected chi connectivity index (χ4v) is 3.75. The summed E-state index contributed by atoms with van der Waals surface area (Å²) in [5.41, 5.74) is 3.81. The molecule has 1 unspecified atom stereocenters. The number of aromatic nitrogens is 1. The van der Waals surface area contributed by atoms with E-state index < -0.39 is 15.3 Å². The van der Waals surface area contributed by atoms with Gasteiger partial charge >= 0.3 is 0 Å². The molecule has 1 atom stereocenters. The average molecular weight is 333 g/mol. The molecule has 3 rings (SSSR count). The molecule has 2 aromatic rings. The number of nitrogens with zero attached hydrogens (tertiary/aromatic N) is 2. The summed E-state index contributed by atoms with van der Waals surface area (Å²) in [6.07, 6.45) is -0.0648. The highest BCUT2D eigenvalue weighted by Crippen LogP contribution is 2.27. The second kappa shape index (κ2) is 5.50. The van der Waals surface area contributed by atoms with E-state index >= 15 is 0 Å². The summed E-state index contributed by atoms with van der Waals surface area (Å²) in [6, 6.07) is 11.6. The van der Waals surface area contributed by atoms with Gasteiger partial charge in [-0.15, -0.1) is 0 Å². The Balaban J connectivity index is 1.97. The summed E-state index contributed by atoms with van der Waals surface area (Å²) in [5, 5.41) is 4.34. The van der Waals surface area contributed by atoms with Crippen molar-refractivity contribution in [1.82, 2.24) is 4.57 Å². The van der Waals surface area contributed by atoms with Crippen LogP contribution in [-0.4, -0.2) is 30.7 Å². The predicted octanol–water partition coefficient (Wildman–Crippen LogP) is 1.49. The molecule has 1 amide bonds. The Bertz CT molecular complexity index is 851. The lowest BCUT2D eigenvalue weighted by Gasteiger charge is -2.18. The first-order chi connectivity index (χ1) is 10.8. The van der Waals surface area contributed by atoms with Gasteiger partial charge in [-0.3, -0.25) is 4.79 Å². The molecule has 0 saturated carbocycles. The number of nitrogens with two attached hydrogens (primary N) is 1. The van der Waals surface area contributed by atoms with Gasteiger partial charge in [0.2, 0.25) is 15.9 Å². The molecule has 0 radical (unpaired) electrons. The lowest BCUT2D eigenvalue weighted by atomic mass is 10.2. The lowest BCUT2D eigenvalue weighted by molar-refractivity contribution is -0.117. The quantitative estimate of drug-likeness (QED) is 0.923. The summed E-state index contributed by atoms with van der Waals surface area (Å²) in [6.45, 7) is 4.13. The van der Waals surface area contributed by atoms with Crippen molar-refractivity contribution in [3.05, 3.63) is 47.8 Å². The molecule has 122 valence electrons. The minimum Gasteiger partial charge on any atom is -0.318 e. The van der Waals surface area contributed by atoms with Crippen LogP contribution in [0.5, 0.6) is 0 Å². The van der Waals surface area contributed by atoms with Crippen LogP contribution in [0.2, 0.25) is 0 Å². The van der Waals surface area contributed by atoms with E-state index in [4.69, 9.17) is 5.14 Å². The molecule has 1 fully saturated rings. The number of anilines is 1. The molecule has 1 aromatic carbocycles. The van der Waals surface area contributed by atoms with Crippen molar-refractivity contribution < 1.29 is 13.2 Å². The molecule has 1 aliphatic heterocycles. The van der Waals surface area contributed by atoms with Gasteiger partial charge < -0.3 is 9.47 Å². The zero-order valence-electron chi connectivity index (χ0n) is 13.1. The van der Waals surface area contributed by atoms with Gasteiger partial charge in [-0.2, -0.15) is 0 Å². The number of primary sulfonamides is 1. The molecule has 7 heteroatoms. The smallest absolute Gasteiger partial charge is 0.228 e. The fraction of sp³-hybridized carbons (Fsp3) is 0.312. The Labute approximate surface area is 135 Å². The van der Waals surface area contributed by atoms with Gasteiger partial charge in [-0.05, 0) is 44.2 Å². The Morgan fingerprint density at radius 2 is 1.70 bits per heavy atom. The largest absolute Gasteiger partial charge is 0.318 e. The van der Waals surface area contributed by atoms with Crippen molar-refractivity contribution in [2.45, 2.75) is 25.5 Å². The van der Waals surface area contributed by atoms with E-state index in [1.54, 1.807) is 6.07 Å². The summed E-state index contributed by atoms with van der Waals surface area (Å²) >= 11 is 0. The molecule has 0 spiro atoms. The number of carbonyl (C=O) groups excluding carboxylic acids is 1. The van der Waals surface area contributed by atoms with Crippen LogP contribution in [0.1, 0.15) is 17.8 Å². The standard InChI is InChI=1S/C16H19N3O3S/c1-11-6-7-12(2)19(11)14-5-3-4-13(8-14)18-10-15(9-16(18)20)23(17,21)22/h3-8,15H,9-10H2,1-2H3,(H2,17,21,22). The highest BCUT2D eigenvalue weighted by atomic mass is 32.2. The van der Waals surface area contributed by atoms with Gasteiger partial charge in [0.05, 0.1) is 0 Å². The predicted molar refractivity (Wildman–Crippen MR) is 89.1 cm³/mol. The summed E-state index contributed by atoms with van der Waals surface area (Å²) in [4.78, 5) is 13.7. The normalized spacial score (nSPS) is 18.7. The topological polar surface area (TPSA) is 85.4 Å². The van der Waals surface area contributed by atoms with Gasteiger partial charge in [0.25, 0.3) is 0 Å². The van der Waals surface area contributed by atoms with Crippen LogP contribution in [0.15, 0.2) is 36.4 Å². The van der Waals surface area contributed by atoms with Crippen molar-refractivity contribution >= 4 is 21.6 Å². The number of hydrogen-bond donors (Lipinski definition) is 1. The number of amides is 1. The van der Waals surface area contributed by atoms with Crippen LogP contribution < -0.4 is 10.0 Å². The van der Waals surface area contributed by atoms with E-state index in [9.17, 15) is 13.2 Å². The molecule has 2 heterocycles. The van der Waals surface area contributed by atoms with Crippen molar-refractivity contribution in [3.63, 3.8) is 0 Å². The van der Waals surface area contributed by atoms with E-state index in [1.165, 1.54) is 4.90 Å². The van der Waals surface area contributed by atoms with Gasteiger partial charge in [0, 0.05) is 35.7 Å². The highest BCUT2D eigenvalue weighted by molar-refractivity contribution is 7.89. The molecule has 2 N–H and O–H groups in total. The van der Waals surface area contributed by atoms with Crippen molar-refractivity contribution in [2.24, 2.45) is 5.14 Å². The van der Waals surface area contributed by atoms with Crippen LogP contribution in [0.4, 0.5) is 5.69 Å². The maximum absolute atomic E-state index is 12.2. The van der Waals surface area contributed by atoms with Crippen molar-refractivity contribution in [3.8, 4) is 5.69 Å². The second-order valence-corrected chi connectivity index (χ2v) is 7.74. The number of sulfonamides is 1. The summed E-state index contributed by atoms with van der Waals surface area (Å²) < 4.78 is 25.1. The molecular formula is C16H19N3O3S. The summed E-state index contributed by atoms with van der Waals surface area (Å²) in [5.74, 6) is -0.220. The van der Waals surface area contributed by atoms with E-state index in [-0.39, 0.29) is 18.9 Å². The van der Waals surface area contributed by atoms with Gasteiger partial charge in [-0.25, -0.2) is 13.6 Å². The van der Waals surface area contributed by atoms with Gasteiger partial charge in [-0.1, -0.05) is 6.07 Å². The molecule has 1 aromatic heterocycles. The number of rotatable bonds is 3. The Hall–Kier alpha value is -2.12. The van der Waals surface area contributed by atoms with E-state index in [0.717, 1.165) is 17.1 Å². The molecular weight excluding hydrogens is 314 g/mol. The Morgan fingerprint density at radius 3 is 2.26 bits per heavy atom. The number of benzene rings is 1. The molecule has 1 aliphatic rings. The minimum absolute atomic E-state index is 0.0648. The maximum Gasteiger partial charge on any atom is 0.228 e. The first-order valence-electron chi connectivity index (χ1n) is 7.35. The van der Waals surface area contributed by atoms with Crippen LogP contribution in [0, 0.1) is 13.8 Å². The maximum atomic E-state index is 12.2. The fourth-order valence-electron chi connectivity index (χ4n) is 3.02. The third-order valence-electron chi connectivity index (χ3n) is 4.22.